The summed E-state index contributed by atoms with van der Waals surface area (Å²) in [6.45, 7) is 7.66. The maximum atomic E-state index is 16.8. The number of hydrogen-bond donors (Lipinski definition) is 1. The first-order valence-electron chi connectivity index (χ1n) is 15.5. The second-order valence-electron chi connectivity index (χ2n) is 12.9. The Bertz CT molecular complexity index is 1900. The molecule has 0 radical (unpaired) electrons. The van der Waals surface area contributed by atoms with Crippen molar-refractivity contribution in [3.8, 4) is 29.6 Å². The predicted molar refractivity (Wildman–Crippen MR) is 169 cm³/mol. The molecule has 4 fully saturated rings. The first kappa shape index (κ1) is 28.3. The molecule has 8 nitrogen and oxygen atoms in total. The third kappa shape index (κ3) is 4.64. The van der Waals surface area contributed by atoms with E-state index in [9.17, 15) is 4.39 Å². The second-order valence-corrected chi connectivity index (χ2v) is 12.9. The van der Waals surface area contributed by atoms with Gasteiger partial charge >= 0.3 is 6.01 Å². The van der Waals surface area contributed by atoms with Crippen LogP contribution < -0.4 is 15.0 Å². The number of pyridine rings is 1. The van der Waals surface area contributed by atoms with Crippen LogP contribution in [0.1, 0.15) is 31.2 Å². The summed E-state index contributed by atoms with van der Waals surface area (Å²) >= 11 is 0. The first-order chi connectivity index (χ1) is 21.9. The van der Waals surface area contributed by atoms with E-state index in [1.165, 1.54) is 6.07 Å². The van der Waals surface area contributed by atoms with Gasteiger partial charge in [-0.05, 0) is 37.1 Å². The average Bonchev–Trinajstić information content (AvgIpc) is 3.67. The van der Waals surface area contributed by atoms with E-state index in [1.54, 1.807) is 31.5 Å². The SMILES string of the molecule is C#Cc1c(F)ccc2cccc(-c3ncc4c(N5C[C@H]6CC[C@@H](C5)N6)nc(OC[C@]56CC(=C)CN5C[C@@H](OC)C6)nc4c3F)c12. The number of halogens is 2. The number of rotatable bonds is 6. The smallest absolute Gasteiger partial charge is 0.319 e. The van der Waals surface area contributed by atoms with Crippen LogP contribution in [-0.2, 0) is 4.74 Å². The fourth-order valence-corrected chi connectivity index (χ4v) is 8.00. The number of fused-ring (bicyclic) bond motifs is 5. The quantitative estimate of drug-likeness (QED) is 0.246. The summed E-state index contributed by atoms with van der Waals surface area (Å²) in [5, 5.41) is 5.28. The molecule has 10 heteroatoms. The number of methoxy groups -OCH3 is 1. The number of ether oxygens (including phenoxy) is 2. The molecule has 2 aromatic heterocycles. The third-order valence-electron chi connectivity index (χ3n) is 10.1. The Hall–Kier alpha value is -4.17. The van der Waals surface area contributed by atoms with Gasteiger partial charge in [-0.25, -0.2) is 8.78 Å². The van der Waals surface area contributed by atoms with Crippen molar-refractivity contribution in [3.63, 3.8) is 0 Å². The molecule has 1 N–H and O–H groups in total. The number of benzene rings is 2. The maximum Gasteiger partial charge on any atom is 0.319 e. The lowest BCUT2D eigenvalue weighted by Crippen LogP contribution is -2.51. The largest absolute Gasteiger partial charge is 0.461 e. The highest BCUT2D eigenvalue weighted by Crippen LogP contribution is 2.43. The van der Waals surface area contributed by atoms with Gasteiger partial charge in [-0.3, -0.25) is 9.88 Å². The van der Waals surface area contributed by atoms with Crippen molar-refractivity contribution >= 4 is 27.5 Å². The Labute approximate surface area is 260 Å². The number of hydrogen-bond acceptors (Lipinski definition) is 8. The van der Waals surface area contributed by atoms with Gasteiger partial charge in [-0.15, -0.1) is 6.42 Å². The molecule has 2 aromatic carbocycles. The number of nitrogens with one attached hydrogen (secondary N) is 1. The molecular formula is C35H34F2N6O2. The average molecular weight is 609 g/mol. The molecule has 0 spiro atoms. The summed E-state index contributed by atoms with van der Waals surface area (Å²) in [6, 6.07) is 9.06. The molecule has 0 unspecified atom stereocenters. The summed E-state index contributed by atoms with van der Waals surface area (Å²) in [5.41, 5.74) is 1.50. The predicted octanol–water partition coefficient (Wildman–Crippen LogP) is 4.84. The lowest BCUT2D eigenvalue weighted by atomic mass is 9.93. The lowest BCUT2D eigenvalue weighted by Gasteiger charge is -2.34. The van der Waals surface area contributed by atoms with Crippen LogP contribution in [0.2, 0.25) is 0 Å². The highest BCUT2D eigenvalue weighted by Gasteiger charge is 2.50. The number of aromatic nitrogens is 3. The van der Waals surface area contributed by atoms with Crippen LogP contribution in [0.5, 0.6) is 6.01 Å². The summed E-state index contributed by atoms with van der Waals surface area (Å²) in [6.07, 6.45) is 11.2. The van der Waals surface area contributed by atoms with E-state index in [0.717, 1.165) is 57.4 Å². The highest BCUT2D eigenvalue weighted by molar-refractivity contribution is 6.02. The molecule has 45 heavy (non-hydrogen) atoms. The molecule has 4 aliphatic heterocycles. The van der Waals surface area contributed by atoms with E-state index in [2.05, 4.69) is 37.6 Å². The van der Waals surface area contributed by atoms with Crippen LogP contribution in [0.25, 0.3) is 32.9 Å². The fraction of sp³-hybridized carbons (Fsp3) is 0.400. The second kappa shape index (κ2) is 10.7. The van der Waals surface area contributed by atoms with Gasteiger partial charge in [0.05, 0.1) is 22.6 Å². The Kier molecular flexibility index (Phi) is 6.75. The molecule has 6 heterocycles. The van der Waals surface area contributed by atoms with Gasteiger partial charge in [0.1, 0.15) is 29.5 Å². The van der Waals surface area contributed by atoms with Crippen LogP contribution in [0.15, 0.2) is 48.7 Å². The summed E-state index contributed by atoms with van der Waals surface area (Å²) in [4.78, 5) is 18.7. The molecule has 2 bridgehead atoms. The number of terminal acetylenes is 1. The number of nitrogens with zero attached hydrogens (tertiary/aromatic N) is 5. The van der Waals surface area contributed by atoms with Crippen molar-refractivity contribution in [2.24, 2.45) is 0 Å². The van der Waals surface area contributed by atoms with E-state index in [-0.39, 0.29) is 34.4 Å². The molecule has 4 atom stereocenters. The Morgan fingerprint density at radius 3 is 2.73 bits per heavy atom. The molecule has 0 amide bonds. The molecule has 4 saturated heterocycles. The fourth-order valence-electron chi connectivity index (χ4n) is 8.00. The zero-order valence-electron chi connectivity index (χ0n) is 25.2. The molecule has 0 aliphatic carbocycles. The highest BCUT2D eigenvalue weighted by atomic mass is 19.1. The van der Waals surface area contributed by atoms with Crippen molar-refractivity contribution in [2.75, 3.05) is 44.8 Å². The zero-order valence-corrected chi connectivity index (χ0v) is 25.2. The van der Waals surface area contributed by atoms with Crippen molar-refractivity contribution in [1.29, 1.82) is 0 Å². The van der Waals surface area contributed by atoms with Crippen LogP contribution in [0.4, 0.5) is 14.6 Å². The number of piperazine rings is 1. The van der Waals surface area contributed by atoms with Crippen molar-refractivity contribution in [1.82, 2.24) is 25.2 Å². The minimum Gasteiger partial charge on any atom is -0.461 e. The summed E-state index contributed by atoms with van der Waals surface area (Å²) < 4.78 is 43.7. The van der Waals surface area contributed by atoms with E-state index in [4.69, 9.17) is 20.9 Å². The van der Waals surface area contributed by atoms with Gasteiger partial charge in [0.2, 0.25) is 0 Å². The van der Waals surface area contributed by atoms with E-state index in [1.807, 2.05) is 6.07 Å². The standard InChI is InChI=1S/C35H34F2N6O2/c1-4-25-28(36)11-8-21-6-5-7-26(29(21)25)31-30(37)32-27(14-38-31)33(42-16-22-9-10-23(17-42)39-22)41-34(40-32)45-19-35-12-20(2)15-43(35)18-24(13-35)44-3/h1,5-8,11,14,22-24,39H,2,9-10,12-13,15-19H2,3H3/t22-,23+,24-,35+/m0/s1. The minimum absolute atomic E-state index is 0.0433. The van der Waals surface area contributed by atoms with E-state index in [0.29, 0.717) is 46.2 Å². The molecule has 0 saturated carbocycles. The summed E-state index contributed by atoms with van der Waals surface area (Å²) in [7, 11) is 1.74. The Morgan fingerprint density at radius 1 is 1.13 bits per heavy atom. The maximum absolute atomic E-state index is 16.8. The van der Waals surface area contributed by atoms with Crippen LogP contribution >= 0.6 is 0 Å². The molecular weight excluding hydrogens is 574 g/mol. The zero-order chi connectivity index (χ0) is 30.9. The summed E-state index contributed by atoms with van der Waals surface area (Å²) in [5.74, 6) is 1.88. The monoisotopic (exact) mass is 608 g/mol. The van der Waals surface area contributed by atoms with E-state index >= 15 is 4.39 Å². The minimum atomic E-state index is -0.631. The van der Waals surface area contributed by atoms with Crippen LogP contribution in [0, 0.1) is 24.0 Å². The topological polar surface area (TPSA) is 75.6 Å². The van der Waals surface area contributed by atoms with Crippen LogP contribution in [-0.4, -0.2) is 83.5 Å². The van der Waals surface area contributed by atoms with E-state index < -0.39 is 11.6 Å². The van der Waals surface area contributed by atoms with Gasteiger partial charge in [0.15, 0.2) is 5.82 Å². The Morgan fingerprint density at radius 2 is 1.96 bits per heavy atom. The number of anilines is 1. The van der Waals surface area contributed by atoms with Crippen molar-refractivity contribution in [3.05, 3.63) is 65.9 Å². The van der Waals surface area contributed by atoms with Crippen molar-refractivity contribution < 1.29 is 18.3 Å². The van der Waals surface area contributed by atoms with Crippen molar-refractivity contribution in [2.45, 2.75) is 49.4 Å². The lowest BCUT2D eigenvalue weighted by molar-refractivity contribution is 0.101. The van der Waals surface area contributed by atoms with Gasteiger partial charge in [-0.1, -0.05) is 42.3 Å². The third-order valence-corrected chi connectivity index (χ3v) is 10.1. The molecule has 230 valence electrons. The van der Waals surface area contributed by atoms with Gasteiger partial charge in [0.25, 0.3) is 0 Å². The van der Waals surface area contributed by atoms with Gasteiger partial charge in [-0.2, -0.15) is 9.97 Å². The molecule has 4 aromatic rings. The molecule has 8 rings (SSSR count). The molecule has 4 aliphatic rings. The van der Waals surface area contributed by atoms with Gasteiger partial charge < -0.3 is 19.7 Å². The van der Waals surface area contributed by atoms with Gasteiger partial charge in [0, 0.05) is 62.5 Å². The Balaban J connectivity index is 1.25. The first-order valence-corrected chi connectivity index (χ1v) is 15.5. The normalized spacial score (nSPS) is 26.1. The van der Waals surface area contributed by atoms with Crippen LogP contribution in [0.3, 0.4) is 0 Å².